The lowest BCUT2D eigenvalue weighted by molar-refractivity contribution is -0.116. The molecule has 0 atom stereocenters. The Hall–Kier alpha value is -3.07. The third-order valence-corrected chi connectivity index (χ3v) is 5.02. The maximum atomic E-state index is 12.5. The summed E-state index contributed by atoms with van der Waals surface area (Å²) in [6, 6.07) is 7.95. The van der Waals surface area contributed by atoms with Crippen LogP contribution in [0.1, 0.15) is 54.2 Å². The van der Waals surface area contributed by atoms with E-state index in [1.54, 1.807) is 24.3 Å². The molecule has 0 aliphatic heterocycles. The number of nitrogens with zero attached hydrogens (tertiary/aromatic N) is 3. The predicted octanol–water partition coefficient (Wildman–Crippen LogP) is 3.20. The molecule has 1 aromatic carbocycles. The second-order valence-corrected chi connectivity index (χ2v) is 7.49. The molecule has 0 saturated carbocycles. The van der Waals surface area contributed by atoms with Crippen molar-refractivity contribution in [1.29, 1.82) is 0 Å². The van der Waals surface area contributed by atoms with Gasteiger partial charge in [0.15, 0.2) is 0 Å². The van der Waals surface area contributed by atoms with E-state index in [9.17, 15) is 14.4 Å². The lowest BCUT2D eigenvalue weighted by atomic mass is 10.1. The first-order chi connectivity index (χ1) is 14.0. The van der Waals surface area contributed by atoms with E-state index in [-0.39, 0.29) is 23.6 Å². The summed E-state index contributed by atoms with van der Waals surface area (Å²) in [5.41, 5.74) is 0.679. The van der Waals surface area contributed by atoms with Gasteiger partial charge in [-0.1, -0.05) is 37.3 Å². The zero-order valence-corrected chi connectivity index (χ0v) is 17.1. The Morgan fingerprint density at radius 1 is 1.21 bits per heavy atom. The number of carbonyl (C=O) groups excluding carboxylic acids is 2. The van der Waals surface area contributed by atoms with Gasteiger partial charge in [0.05, 0.1) is 16.9 Å². The van der Waals surface area contributed by atoms with Gasteiger partial charge in [0.1, 0.15) is 11.6 Å². The quantitative estimate of drug-likeness (QED) is 0.568. The van der Waals surface area contributed by atoms with Crippen LogP contribution in [-0.4, -0.2) is 26.5 Å². The molecule has 8 nitrogen and oxygen atoms in total. The summed E-state index contributed by atoms with van der Waals surface area (Å²) in [5.74, 6) is -0.767. The van der Waals surface area contributed by atoms with Crippen molar-refractivity contribution in [3.8, 4) is 0 Å². The summed E-state index contributed by atoms with van der Waals surface area (Å²) < 4.78 is 6.60. The van der Waals surface area contributed by atoms with E-state index < -0.39 is 5.97 Å². The number of fused-ring (bicyclic) bond motifs is 1. The number of aryl methyl sites for hydroxylation is 1. The maximum absolute atomic E-state index is 12.5. The van der Waals surface area contributed by atoms with Crippen LogP contribution in [-0.2, 0) is 22.6 Å². The van der Waals surface area contributed by atoms with Gasteiger partial charge in [0, 0.05) is 18.9 Å². The monoisotopic (exact) mass is 414 g/mol. The van der Waals surface area contributed by atoms with E-state index in [0.717, 1.165) is 17.8 Å². The average molecular weight is 414 g/mol. The minimum absolute atomic E-state index is 0.150. The molecule has 2 heterocycles. The molecular formula is C20H22N4O4S. The van der Waals surface area contributed by atoms with Crippen molar-refractivity contribution in [1.82, 2.24) is 14.6 Å². The Balaban J connectivity index is 1.74. The predicted molar refractivity (Wildman–Crippen MR) is 110 cm³/mol. The molecule has 9 heteroatoms. The molecule has 1 N–H and O–H groups in total. The van der Waals surface area contributed by atoms with Crippen LogP contribution in [0.25, 0.3) is 4.96 Å². The smallest absolute Gasteiger partial charge is 0.340 e. The van der Waals surface area contributed by atoms with Gasteiger partial charge in [-0.05, 0) is 25.0 Å². The number of aromatic nitrogens is 3. The molecule has 0 fully saturated rings. The van der Waals surface area contributed by atoms with Gasteiger partial charge in [-0.15, -0.1) is 0 Å². The highest BCUT2D eigenvalue weighted by molar-refractivity contribution is 7.16. The molecule has 0 unspecified atom stereocenters. The number of ether oxygens (including phenoxy) is 1. The van der Waals surface area contributed by atoms with Crippen LogP contribution >= 0.6 is 11.3 Å². The van der Waals surface area contributed by atoms with Gasteiger partial charge < -0.3 is 10.1 Å². The summed E-state index contributed by atoms with van der Waals surface area (Å²) in [6.45, 7) is 3.79. The standard InChI is InChI=1S/C20H22N4O4S/c1-3-7-16(25)22-15-10-6-5-9-14(15)19(27)28-12-13-11-18(26)24-20(21-13)29-17(23-24)8-4-2/h5-6,9-11H,3-4,7-8,12H2,1-2H3,(H,22,25). The van der Waals surface area contributed by atoms with Crippen molar-refractivity contribution in [2.45, 2.75) is 46.1 Å². The number of benzene rings is 1. The van der Waals surface area contributed by atoms with Crippen molar-refractivity contribution in [3.05, 3.63) is 57.0 Å². The van der Waals surface area contributed by atoms with Crippen molar-refractivity contribution in [3.63, 3.8) is 0 Å². The number of amides is 1. The number of hydrogen-bond donors (Lipinski definition) is 1. The first-order valence-electron chi connectivity index (χ1n) is 9.46. The number of para-hydroxylation sites is 1. The largest absolute Gasteiger partial charge is 0.456 e. The third-order valence-electron chi connectivity index (χ3n) is 4.05. The van der Waals surface area contributed by atoms with E-state index in [2.05, 4.69) is 15.4 Å². The lowest BCUT2D eigenvalue weighted by Crippen LogP contribution is -2.17. The highest BCUT2D eigenvalue weighted by Crippen LogP contribution is 2.18. The van der Waals surface area contributed by atoms with Gasteiger partial charge in [-0.2, -0.15) is 9.61 Å². The summed E-state index contributed by atoms with van der Waals surface area (Å²) >= 11 is 1.35. The van der Waals surface area contributed by atoms with E-state index >= 15 is 0 Å². The SMILES string of the molecule is CCCC(=O)Nc1ccccc1C(=O)OCc1cc(=O)n2nc(CCC)sc2n1. The molecule has 3 rings (SSSR count). The fourth-order valence-electron chi connectivity index (χ4n) is 2.71. The summed E-state index contributed by atoms with van der Waals surface area (Å²) in [6.07, 6.45) is 2.78. The number of hydrogen-bond acceptors (Lipinski definition) is 7. The highest BCUT2D eigenvalue weighted by Gasteiger charge is 2.15. The van der Waals surface area contributed by atoms with Gasteiger partial charge in [-0.25, -0.2) is 9.78 Å². The zero-order chi connectivity index (χ0) is 20.8. The molecule has 29 heavy (non-hydrogen) atoms. The van der Waals surface area contributed by atoms with Crippen LogP contribution in [0.2, 0.25) is 0 Å². The second-order valence-electron chi connectivity index (χ2n) is 6.45. The van der Waals surface area contributed by atoms with Gasteiger partial charge >= 0.3 is 5.97 Å². The van der Waals surface area contributed by atoms with Crippen molar-refractivity contribution in [2.24, 2.45) is 0 Å². The average Bonchev–Trinajstić information content (AvgIpc) is 3.10. The lowest BCUT2D eigenvalue weighted by Gasteiger charge is -2.10. The molecule has 0 spiro atoms. The summed E-state index contributed by atoms with van der Waals surface area (Å²) in [4.78, 5) is 41.5. The Morgan fingerprint density at radius 2 is 2.00 bits per heavy atom. The van der Waals surface area contributed by atoms with Crippen molar-refractivity contribution >= 4 is 33.9 Å². The van der Waals surface area contributed by atoms with Crippen LogP contribution in [0, 0.1) is 0 Å². The van der Waals surface area contributed by atoms with Crippen molar-refractivity contribution in [2.75, 3.05) is 5.32 Å². The second kappa shape index (κ2) is 9.42. The summed E-state index contributed by atoms with van der Waals surface area (Å²) in [5, 5.41) is 7.81. The Labute approximate surface area is 171 Å². The molecule has 0 aliphatic rings. The van der Waals surface area contributed by atoms with E-state index in [1.807, 2.05) is 13.8 Å². The van der Waals surface area contributed by atoms with Gasteiger partial charge in [-0.3, -0.25) is 9.59 Å². The van der Waals surface area contributed by atoms with Crippen LogP contribution in [0.5, 0.6) is 0 Å². The summed E-state index contributed by atoms with van der Waals surface area (Å²) in [7, 11) is 0. The number of anilines is 1. The molecule has 152 valence electrons. The molecule has 0 radical (unpaired) electrons. The number of esters is 1. The topological polar surface area (TPSA) is 103 Å². The first kappa shape index (κ1) is 20.7. The van der Waals surface area contributed by atoms with E-state index in [4.69, 9.17) is 4.74 Å². The van der Waals surface area contributed by atoms with E-state index in [1.165, 1.54) is 21.9 Å². The molecule has 0 saturated heterocycles. The van der Waals surface area contributed by atoms with E-state index in [0.29, 0.717) is 29.2 Å². The highest BCUT2D eigenvalue weighted by atomic mass is 32.1. The minimum atomic E-state index is -0.602. The van der Waals surface area contributed by atoms with Crippen LogP contribution in [0.3, 0.4) is 0 Å². The molecular weight excluding hydrogens is 392 g/mol. The Bertz CT molecular complexity index is 1090. The van der Waals surface area contributed by atoms with Crippen LogP contribution in [0.4, 0.5) is 5.69 Å². The van der Waals surface area contributed by atoms with Crippen molar-refractivity contribution < 1.29 is 14.3 Å². The Morgan fingerprint density at radius 3 is 2.76 bits per heavy atom. The fraction of sp³-hybridized carbons (Fsp3) is 0.350. The molecule has 0 aliphatic carbocycles. The molecule has 3 aromatic rings. The molecule has 2 aromatic heterocycles. The van der Waals surface area contributed by atoms with Gasteiger partial charge in [0.2, 0.25) is 10.9 Å². The molecule has 1 amide bonds. The number of rotatable bonds is 8. The van der Waals surface area contributed by atoms with Gasteiger partial charge in [0.25, 0.3) is 5.56 Å². The zero-order valence-electron chi connectivity index (χ0n) is 16.3. The van der Waals surface area contributed by atoms with Crippen LogP contribution < -0.4 is 10.9 Å². The van der Waals surface area contributed by atoms with Crippen LogP contribution in [0.15, 0.2) is 35.1 Å². The Kier molecular flexibility index (Phi) is 6.71. The maximum Gasteiger partial charge on any atom is 0.340 e. The number of carbonyl (C=O) groups is 2. The fourth-order valence-corrected chi connectivity index (χ4v) is 3.73. The normalized spacial score (nSPS) is 10.8. The molecule has 0 bridgehead atoms. The minimum Gasteiger partial charge on any atom is -0.456 e. The third kappa shape index (κ3) is 5.05. The first-order valence-corrected chi connectivity index (χ1v) is 10.3. The number of nitrogens with one attached hydrogen (secondary N) is 1.